The van der Waals surface area contributed by atoms with Gasteiger partial charge in [0, 0.05) is 19.1 Å². The van der Waals surface area contributed by atoms with E-state index in [0.29, 0.717) is 6.54 Å². The highest BCUT2D eigenvalue weighted by Gasteiger charge is 2.26. The SMILES string of the molecule is CCNS(=O)(=O)N(CC)C(C)CC(=O)O. The smallest absolute Gasteiger partial charge is 0.304 e. The molecule has 1 atom stereocenters. The van der Waals surface area contributed by atoms with Crippen LogP contribution < -0.4 is 4.72 Å². The van der Waals surface area contributed by atoms with Gasteiger partial charge in [0.2, 0.25) is 0 Å². The maximum absolute atomic E-state index is 11.6. The summed E-state index contributed by atoms with van der Waals surface area (Å²) in [5, 5.41) is 8.58. The summed E-state index contributed by atoms with van der Waals surface area (Å²) in [5.74, 6) is -1.01. The van der Waals surface area contributed by atoms with E-state index in [-0.39, 0.29) is 13.0 Å². The monoisotopic (exact) mass is 238 g/mol. The second kappa shape index (κ2) is 6.04. The number of hydrogen-bond donors (Lipinski definition) is 2. The molecule has 0 aliphatic heterocycles. The molecule has 0 rings (SSSR count). The van der Waals surface area contributed by atoms with Crippen LogP contribution >= 0.6 is 0 Å². The standard InChI is InChI=1S/C8H18N2O4S/c1-4-9-15(13,14)10(5-2)7(3)6-8(11)12/h7,9H,4-6H2,1-3H3,(H,11,12). The van der Waals surface area contributed by atoms with Crippen molar-refractivity contribution >= 4 is 16.2 Å². The minimum atomic E-state index is -3.55. The second-order valence-corrected chi connectivity index (χ2v) is 4.86. The van der Waals surface area contributed by atoms with Gasteiger partial charge in [0.15, 0.2) is 0 Å². The molecule has 0 aromatic heterocycles. The zero-order chi connectivity index (χ0) is 12.1. The van der Waals surface area contributed by atoms with Crippen LogP contribution in [0.1, 0.15) is 27.2 Å². The van der Waals surface area contributed by atoms with Gasteiger partial charge in [-0.3, -0.25) is 4.79 Å². The van der Waals surface area contributed by atoms with Gasteiger partial charge in [-0.25, -0.2) is 4.72 Å². The van der Waals surface area contributed by atoms with Crippen molar-refractivity contribution in [2.24, 2.45) is 0 Å². The maximum Gasteiger partial charge on any atom is 0.304 e. The fraction of sp³-hybridized carbons (Fsp3) is 0.875. The zero-order valence-electron chi connectivity index (χ0n) is 9.23. The number of carboxylic acid groups (broad SMARTS) is 1. The van der Waals surface area contributed by atoms with E-state index in [2.05, 4.69) is 4.72 Å². The number of carboxylic acids is 1. The van der Waals surface area contributed by atoms with Crippen LogP contribution in [0, 0.1) is 0 Å². The number of nitrogens with zero attached hydrogens (tertiary/aromatic N) is 1. The maximum atomic E-state index is 11.6. The predicted octanol–water partition coefficient (Wildman–Crippen LogP) is 0.0258. The van der Waals surface area contributed by atoms with Crippen LogP contribution in [0.4, 0.5) is 0 Å². The summed E-state index contributed by atoms with van der Waals surface area (Å²) in [7, 11) is -3.55. The van der Waals surface area contributed by atoms with E-state index < -0.39 is 22.2 Å². The van der Waals surface area contributed by atoms with Crippen molar-refractivity contribution in [2.75, 3.05) is 13.1 Å². The summed E-state index contributed by atoms with van der Waals surface area (Å²) in [6.07, 6.45) is -0.196. The van der Waals surface area contributed by atoms with Gasteiger partial charge in [-0.1, -0.05) is 13.8 Å². The van der Waals surface area contributed by atoms with Crippen LogP contribution in [-0.4, -0.2) is 42.9 Å². The minimum absolute atomic E-state index is 0.196. The van der Waals surface area contributed by atoms with Gasteiger partial charge >= 0.3 is 5.97 Å². The van der Waals surface area contributed by atoms with Gasteiger partial charge in [-0.15, -0.1) is 0 Å². The lowest BCUT2D eigenvalue weighted by Crippen LogP contribution is -2.46. The molecule has 0 heterocycles. The predicted molar refractivity (Wildman–Crippen MR) is 56.7 cm³/mol. The fourth-order valence-electron chi connectivity index (χ4n) is 1.34. The number of rotatable bonds is 7. The molecule has 0 aromatic carbocycles. The third kappa shape index (κ3) is 4.59. The van der Waals surface area contributed by atoms with Crippen LogP contribution in [0.2, 0.25) is 0 Å². The first-order valence-electron chi connectivity index (χ1n) is 4.83. The first-order valence-corrected chi connectivity index (χ1v) is 6.27. The van der Waals surface area contributed by atoms with E-state index in [1.54, 1.807) is 20.8 Å². The molecule has 6 nitrogen and oxygen atoms in total. The quantitative estimate of drug-likeness (QED) is 0.655. The van der Waals surface area contributed by atoms with Gasteiger partial charge in [0.25, 0.3) is 10.2 Å². The lowest BCUT2D eigenvalue weighted by molar-refractivity contribution is -0.137. The van der Waals surface area contributed by atoms with E-state index >= 15 is 0 Å². The van der Waals surface area contributed by atoms with Crippen LogP contribution in [-0.2, 0) is 15.0 Å². The van der Waals surface area contributed by atoms with Crippen molar-refractivity contribution in [3.8, 4) is 0 Å². The Morgan fingerprint density at radius 1 is 1.47 bits per heavy atom. The molecule has 0 fully saturated rings. The third-order valence-corrected chi connectivity index (χ3v) is 3.80. The summed E-state index contributed by atoms with van der Waals surface area (Å²) in [5.41, 5.74) is 0. The van der Waals surface area contributed by atoms with Crippen molar-refractivity contribution in [3.05, 3.63) is 0 Å². The summed E-state index contributed by atoms with van der Waals surface area (Å²) in [6.45, 7) is 5.47. The molecule has 0 radical (unpaired) electrons. The van der Waals surface area contributed by atoms with Crippen LogP contribution in [0.25, 0.3) is 0 Å². The highest BCUT2D eigenvalue weighted by Crippen LogP contribution is 2.08. The average Bonchev–Trinajstić information content (AvgIpc) is 2.02. The molecule has 0 spiro atoms. The van der Waals surface area contributed by atoms with Crippen molar-refractivity contribution in [2.45, 2.75) is 33.2 Å². The zero-order valence-corrected chi connectivity index (χ0v) is 10.0. The highest BCUT2D eigenvalue weighted by molar-refractivity contribution is 7.87. The molecule has 90 valence electrons. The normalized spacial score (nSPS) is 14.1. The van der Waals surface area contributed by atoms with E-state index in [4.69, 9.17) is 5.11 Å². The summed E-state index contributed by atoms with van der Waals surface area (Å²) in [6, 6.07) is -0.545. The van der Waals surface area contributed by atoms with Crippen molar-refractivity contribution < 1.29 is 18.3 Å². The Bertz CT molecular complexity index is 302. The molecule has 1 unspecified atom stereocenters. The molecule has 0 aliphatic rings. The fourth-order valence-corrected chi connectivity index (χ4v) is 2.76. The minimum Gasteiger partial charge on any atom is -0.481 e. The Morgan fingerprint density at radius 3 is 2.33 bits per heavy atom. The lowest BCUT2D eigenvalue weighted by atomic mass is 10.2. The van der Waals surface area contributed by atoms with Gasteiger partial charge in [-0.2, -0.15) is 12.7 Å². The summed E-state index contributed by atoms with van der Waals surface area (Å²) < 4.78 is 26.7. The third-order valence-electron chi connectivity index (χ3n) is 1.91. The first-order chi connectivity index (χ1) is 6.85. The number of carbonyl (C=O) groups is 1. The highest BCUT2D eigenvalue weighted by atomic mass is 32.2. The second-order valence-electron chi connectivity index (χ2n) is 3.15. The van der Waals surface area contributed by atoms with Gasteiger partial charge in [0.1, 0.15) is 0 Å². The van der Waals surface area contributed by atoms with E-state index in [9.17, 15) is 13.2 Å². The first kappa shape index (κ1) is 14.3. The van der Waals surface area contributed by atoms with Crippen molar-refractivity contribution in [3.63, 3.8) is 0 Å². The summed E-state index contributed by atoms with van der Waals surface area (Å²) in [4.78, 5) is 10.5. The molecular formula is C8H18N2O4S. The molecule has 0 saturated heterocycles. The Labute approximate surface area is 90.5 Å². The van der Waals surface area contributed by atoms with E-state index in [0.717, 1.165) is 4.31 Å². The van der Waals surface area contributed by atoms with Gasteiger partial charge in [0.05, 0.1) is 6.42 Å². The number of aliphatic carboxylic acids is 1. The van der Waals surface area contributed by atoms with Crippen molar-refractivity contribution in [1.82, 2.24) is 9.03 Å². The number of hydrogen-bond acceptors (Lipinski definition) is 3. The Hall–Kier alpha value is -0.660. The van der Waals surface area contributed by atoms with Crippen LogP contribution in [0.5, 0.6) is 0 Å². The average molecular weight is 238 g/mol. The Morgan fingerprint density at radius 2 is 2.00 bits per heavy atom. The largest absolute Gasteiger partial charge is 0.481 e. The van der Waals surface area contributed by atoms with E-state index in [1.807, 2.05) is 0 Å². The number of nitrogens with one attached hydrogen (secondary N) is 1. The Balaban J connectivity index is 4.67. The molecule has 0 bridgehead atoms. The van der Waals surface area contributed by atoms with Gasteiger partial charge < -0.3 is 5.11 Å². The summed E-state index contributed by atoms with van der Waals surface area (Å²) >= 11 is 0. The molecule has 15 heavy (non-hydrogen) atoms. The Kier molecular flexibility index (Phi) is 5.77. The molecule has 0 amide bonds. The molecule has 0 aliphatic carbocycles. The molecule has 0 saturated carbocycles. The molecule has 7 heteroatoms. The molecule has 0 aromatic rings. The topological polar surface area (TPSA) is 86.7 Å². The van der Waals surface area contributed by atoms with E-state index in [1.165, 1.54) is 0 Å². The van der Waals surface area contributed by atoms with Crippen LogP contribution in [0.3, 0.4) is 0 Å². The van der Waals surface area contributed by atoms with Crippen molar-refractivity contribution in [1.29, 1.82) is 0 Å². The van der Waals surface area contributed by atoms with Crippen LogP contribution in [0.15, 0.2) is 0 Å². The lowest BCUT2D eigenvalue weighted by Gasteiger charge is -2.25. The molecular weight excluding hydrogens is 220 g/mol. The van der Waals surface area contributed by atoms with Gasteiger partial charge in [-0.05, 0) is 6.92 Å². The molecule has 2 N–H and O–H groups in total.